The molecular weight excluding hydrogens is 261 g/mol. The molecule has 4 nitrogen and oxygen atoms in total. The molecule has 104 valence electrons. The monoisotopic (exact) mass is 274 g/mol. The Morgan fingerprint density at radius 2 is 2.16 bits per heavy atom. The molecule has 1 aromatic rings. The molecule has 0 radical (unpaired) electrons. The first-order valence-corrected chi connectivity index (χ1v) is 5.53. The summed E-state index contributed by atoms with van der Waals surface area (Å²) < 4.78 is 37.5. The average Bonchev–Trinajstić information content (AvgIpc) is 2.33. The van der Waals surface area contributed by atoms with E-state index in [9.17, 15) is 18.0 Å². The first-order chi connectivity index (χ1) is 8.86. The molecule has 1 rings (SSSR count). The third-order valence-electron chi connectivity index (χ3n) is 2.26. The molecule has 0 fully saturated rings. The Kier molecular flexibility index (Phi) is 4.91. The molecule has 1 heterocycles. The molecule has 1 aromatic heterocycles. The van der Waals surface area contributed by atoms with Gasteiger partial charge in [-0.05, 0) is 25.5 Å². The van der Waals surface area contributed by atoms with Crippen LogP contribution in [-0.2, 0) is 6.18 Å². The number of allylic oxidation sites excluding steroid dienone is 1. The van der Waals surface area contributed by atoms with Gasteiger partial charge in [-0.2, -0.15) is 13.2 Å². The van der Waals surface area contributed by atoms with E-state index in [2.05, 4.69) is 10.3 Å². The number of aromatic nitrogens is 1. The zero-order chi connectivity index (χ0) is 14.5. The van der Waals surface area contributed by atoms with E-state index in [0.717, 1.165) is 6.07 Å². The van der Waals surface area contributed by atoms with Crippen LogP contribution in [-0.4, -0.2) is 22.6 Å². The number of pyridine rings is 1. The molecule has 2 N–H and O–H groups in total. The summed E-state index contributed by atoms with van der Waals surface area (Å²) in [6.45, 7) is 2.12. The number of aromatic carboxylic acids is 1. The van der Waals surface area contributed by atoms with Crippen LogP contribution in [0, 0.1) is 0 Å². The van der Waals surface area contributed by atoms with Gasteiger partial charge in [0, 0.05) is 6.54 Å². The van der Waals surface area contributed by atoms with E-state index in [1.54, 1.807) is 12.2 Å². The topological polar surface area (TPSA) is 62.2 Å². The highest BCUT2D eigenvalue weighted by Crippen LogP contribution is 2.29. The SMILES string of the molecule is C/C=C/CCNc1nc(C(F)(F)F)ccc1C(=O)O. The predicted molar refractivity (Wildman–Crippen MR) is 64.1 cm³/mol. The second-order valence-electron chi connectivity index (χ2n) is 3.68. The summed E-state index contributed by atoms with van der Waals surface area (Å²) in [6, 6.07) is 1.55. The molecule has 19 heavy (non-hydrogen) atoms. The van der Waals surface area contributed by atoms with Gasteiger partial charge in [-0.1, -0.05) is 12.2 Å². The summed E-state index contributed by atoms with van der Waals surface area (Å²) in [4.78, 5) is 14.2. The van der Waals surface area contributed by atoms with E-state index in [-0.39, 0.29) is 11.4 Å². The lowest BCUT2D eigenvalue weighted by Crippen LogP contribution is -2.14. The number of anilines is 1. The van der Waals surface area contributed by atoms with Crippen LogP contribution in [0.2, 0.25) is 0 Å². The summed E-state index contributed by atoms with van der Waals surface area (Å²) in [5.74, 6) is -1.60. The molecule has 0 spiro atoms. The largest absolute Gasteiger partial charge is 0.478 e. The highest BCUT2D eigenvalue weighted by molar-refractivity contribution is 5.93. The Morgan fingerprint density at radius 3 is 2.68 bits per heavy atom. The zero-order valence-corrected chi connectivity index (χ0v) is 10.2. The van der Waals surface area contributed by atoms with Crippen LogP contribution < -0.4 is 5.32 Å². The molecule has 0 aliphatic carbocycles. The van der Waals surface area contributed by atoms with Crippen LogP contribution in [0.25, 0.3) is 0 Å². The van der Waals surface area contributed by atoms with E-state index in [1.165, 1.54) is 0 Å². The summed E-state index contributed by atoms with van der Waals surface area (Å²) in [5, 5.41) is 11.5. The molecule has 0 unspecified atom stereocenters. The fourth-order valence-corrected chi connectivity index (χ4v) is 1.36. The fraction of sp³-hybridized carbons (Fsp3) is 0.333. The average molecular weight is 274 g/mol. The van der Waals surface area contributed by atoms with Gasteiger partial charge in [0.1, 0.15) is 17.1 Å². The van der Waals surface area contributed by atoms with Crippen molar-refractivity contribution < 1.29 is 23.1 Å². The number of hydrogen-bond donors (Lipinski definition) is 2. The molecule has 7 heteroatoms. The lowest BCUT2D eigenvalue weighted by molar-refractivity contribution is -0.141. The van der Waals surface area contributed by atoms with Crippen molar-refractivity contribution in [1.29, 1.82) is 0 Å². The number of hydrogen-bond acceptors (Lipinski definition) is 3. The molecule has 0 saturated heterocycles. The van der Waals surface area contributed by atoms with Gasteiger partial charge < -0.3 is 10.4 Å². The van der Waals surface area contributed by atoms with Gasteiger partial charge in [0.2, 0.25) is 0 Å². The molecule has 0 atom stereocenters. The van der Waals surface area contributed by atoms with Crippen molar-refractivity contribution >= 4 is 11.8 Å². The number of rotatable bonds is 5. The first-order valence-electron chi connectivity index (χ1n) is 5.53. The van der Waals surface area contributed by atoms with Gasteiger partial charge in [-0.3, -0.25) is 0 Å². The minimum Gasteiger partial charge on any atom is -0.478 e. The first kappa shape index (κ1) is 15.0. The predicted octanol–water partition coefficient (Wildman–Crippen LogP) is 3.18. The van der Waals surface area contributed by atoms with Crippen molar-refractivity contribution in [3.8, 4) is 0 Å². The van der Waals surface area contributed by atoms with Gasteiger partial charge in [-0.25, -0.2) is 9.78 Å². The maximum absolute atomic E-state index is 12.5. The number of nitrogens with zero attached hydrogens (tertiary/aromatic N) is 1. The van der Waals surface area contributed by atoms with Crippen molar-refractivity contribution in [2.24, 2.45) is 0 Å². The molecular formula is C12H13F3N2O2. The summed E-state index contributed by atoms with van der Waals surface area (Å²) >= 11 is 0. The fourth-order valence-electron chi connectivity index (χ4n) is 1.36. The van der Waals surface area contributed by atoms with Crippen molar-refractivity contribution in [3.63, 3.8) is 0 Å². The molecule has 0 bridgehead atoms. The lowest BCUT2D eigenvalue weighted by atomic mass is 10.2. The van der Waals surface area contributed by atoms with E-state index in [0.29, 0.717) is 19.0 Å². The molecule has 0 aliphatic heterocycles. The Balaban J connectivity index is 2.99. The second kappa shape index (κ2) is 6.21. The van der Waals surface area contributed by atoms with Crippen molar-refractivity contribution in [3.05, 3.63) is 35.5 Å². The smallest absolute Gasteiger partial charge is 0.433 e. The van der Waals surface area contributed by atoms with Gasteiger partial charge in [0.05, 0.1) is 0 Å². The summed E-state index contributed by atoms with van der Waals surface area (Å²) in [6.07, 6.45) is -0.440. The lowest BCUT2D eigenvalue weighted by Gasteiger charge is -2.11. The normalized spacial score (nSPS) is 11.8. The highest BCUT2D eigenvalue weighted by atomic mass is 19.4. The molecule has 0 amide bonds. The standard InChI is InChI=1S/C12H13F3N2O2/c1-2-3-4-7-16-10-8(11(18)19)5-6-9(17-10)12(13,14)15/h2-3,5-6H,4,7H2,1H3,(H,16,17)(H,18,19)/b3-2+. The Hall–Kier alpha value is -2.05. The molecule has 0 aromatic carbocycles. The van der Waals surface area contributed by atoms with Gasteiger partial charge in [-0.15, -0.1) is 0 Å². The quantitative estimate of drug-likeness (QED) is 0.639. The summed E-state index contributed by atoms with van der Waals surface area (Å²) in [5.41, 5.74) is -1.40. The Labute approximate surface area is 108 Å². The van der Waals surface area contributed by atoms with E-state index in [1.807, 2.05) is 6.92 Å². The number of carbonyl (C=O) groups is 1. The van der Waals surface area contributed by atoms with Gasteiger partial charge in [0.15, 0.2) is 0 Å². The number of alkyl halides is 3. The van der Waals surface area contributed by atoms with Crippen molar-refractivity contribution in [2.45, 2.75) is 19.5 Å². The van der Waals surface area contributed by atoms with Gasteiger partial charge >= 0.3 is 12.1 Å². The van der Waals surface area contributed by atoms with Crippen LogP contribution in [0.3, 0.4) is 0 Å². The van der Waals surface area contributed by atoms with E-state index >= 15 is 0 Å². The van der Waals surface area contributed by atoms with Crippen LogP contribution in [0.4, 0.5) is 19.0 Å². The zero-order valence-electron chi connectivity index (χ0n) is 10.2. The highest BCUT2D eigenvalue weighted by Gasteiger charge is 2.33. The minimum absolute atomic E-state index is 0.271. The van der Waals surface area contributed by atoms with Crippen molar-refractivity contribution in [2.75, 3.05) is 11.9 Å². The van der Waals surface area contributed by atoms with Gasteiger partial charge in [0.25, 0.3) is 0 Å². The summed E-state index contributed by atoms with van der Waals surface area (Å²) in [7, 11) is 0. The van der Waals surface area contributed by atoms with Crippen LogP contribution in [0.1, 0.15) is 29.4 Å². The minimum atomic E-state index is -4.60. The number of carboxylic acid groups (broad SMARTS) is 1. The van der Waals surface area contributed by atoms with Crippen LogP contribution >= 0.6 is 0 Å². The molecule has 0 saturated carbocycles. The number of halogens is 3. The Bertz CT molecular complexity index is 484. The second-order valence-corrected chi connectivity index (χ2v) is 3.68. The maximum atomic E-state index is 12.5. The molecule has 0 aliphatic rings. The van der Waals surface area contributed by atoms with E-state index in [4.69, 9.17) is 5.11 Å². The number of nitrogens with one attached hydrogen (secondary N) is 1. The van der Waals surface area contributed by atoms with Crippen molar-refractivity contribution in [1.82, 2.24) is 4.98 Å². The Morgan fingerprint density at radius 1 is 1.47 bits per heavy atom. The third-order valence-corrected chi connectivity index (χ3v) is 2.26. The van der Waals surface area contributed by atoms with Crippen LogP contribution in [0.5, 0.6) is 0 Å². The maximum Gasteiger partial charge on any atom is 0.433 e. The van der Waals surface area contributed by atoms with Crippen LogP contribution in [0.15, 0.2) is 24.3 Å². The third kappa shape index (κ3) is 4.27. The van der Waals surface area contributed by atoms with E-state index < -0.39 is 17.8 Å². The number of carboxylic acids is 1.